The Bertz CT molecular complexity index is 2180. The number of nitrogens with one attached hydrogen (secondary N) is 4. The number of rotatable bonds is 6. The van der Waals surface area contributed by atoms with Gasteiger partial charge in [-0.1, -0.05) is 92.7 Å². The van der Waals surface area contributed by atoms with Crippen molar-refractivity contribution in [3.8, 4) is 0 Å². The quantitative estimate of drug-likeness (QED) is 0.227. The van der Waals surface area contributed by atoms with Crippen LogP contribution in [0, 0.1) is 12.8 Å². The van der Waals surface area contributed by atoms with Crippen molar-refractivity contribution < 1.29 is 28.8 Å². The Balaban J connectivity index is 1.57. The van der Waals surface area contributed by atoms with Gasteiger partial charge in [0, 0.05) is 25.4 Å². The van der Waals surface area contributed by atoms with Gasteiger partial charge in [0.15, 0.2) is 0 Å². The first-order chi connectivity index (χ1) is 27.1. The number of hydrogen-bond donors (Lipinski definition) is 4. The molecule has 4 aromatic rings. The van der Waals surface area contributed by atoms with Gasteiger partial charge in [0.2, 0.25) is 35.4 Å². The minimum Gasteiger partial charge on any atom is -0.346 e. The molecule has 0 spiro atoms. The normalized spacial score (nSPS) is 21.9. The fourth-order valence-electron chi connectivity index (χ4n) is 6.68. The van der Waals surface area contributed by atoms with E-state index in [2.05, 4.69) is 26.4 Å². The van der Waals surface area contributed by atoms with Crippen molar-refractivity contribution in [3.63, 3.8) is 0 Å². The van der Waals surface area contributed by atoms with E-state index < -0.39 is 90.2 Å². The van der Waals surface area contributed by atoms with Crippen LogP contribution in [0.15, 0.2) is 89.7 Å². The molecule has 15 nitrogen and oxygen atoms in total. The lowest BCUT2D eigenvalue weighted by molar-refractivity contribution is -0.143. The molecule has 6 amide bonds. The number of aromatic nitrogens is 2. The van der Waals surface area contributed by atoms with Gasteiger partial charge in [0.25, 0.3) is 5.56 Å². The summed E-state index contributed by atoms with van der Waals surface area (Å²) < 4.78 is 1.05. The lowest BCUT2D eigenvalue weighted by atomic mass is 10.0. The summed E-state index contributed by atoms with van der Waals surface area (Å²) in [6.07, 6.45) is 0.0608. The van der Waals surface area contributed by atoms with Crippen LogP contribution < -0.4 is 26.8 Å². The number of amides is 6. The summed E-state index contributed by atoms with van der Waals surface area (Å²) in [5.41, 5.74) is 1.34. The second kappa shape index (κ2) is 18.5. The number of carbonyl (C=O) groups excluding carboxylic acids is 6. The standard InChI is InChI=1S/C42H50N8O7/c1-25(2)37-40(55)43-27(4)38(53)45-34(30-17-11-8-12-18-30)22-49(36(52)24-50-41(56)32-20-14-13-19-31(32)26(3)47-50)23-35(51)44-33(21-29-15-9-7-10-16-29)42(57)48(6)28(5)39(54)46-37/h7-20,25,27-28,33-34,37H,21-24H2,1-6H3,(H,43,55)(H,44,51)(H,45,53)(H,46,54)/t27-,28-,33-,34-,37+/m0/s1. The number of carbonyl (C=O) groups is 6. The Labute approximate surface area is 331 Å². The predicted molar refractivity (Wildman–Crippen MR) is 213 cm³/mol. The van der Waals surface area contributed by atoms with Gasteiger partial charge in [0.05, 0.1) is 23.7 Å². The Morgan fingerprint density at radius 3 is 2.04 bits per heavy atom. The van der Waals surface area contributed by atoms with Gasteiger partial charge in [-0.15, -0.1) is 0 Å². The Morgan fingerprint density at radius 2 is 1.39 bits per heavy atom. The second-order valence-corrected chi connectivity index (χ2v) is 14.7. The number of aryl methyl sites for hydroxylation is 1. The van der Waals surface area contributed by atoms with Crippen molar-refractivity contribution in [2.45, 2.75) is 77.8 Å². The summed E-state index contributed by atoms with van der Waals surface area (Å²) in [6, 6.07) is 19.4. The third-order valence-corrected chi connectivity index (χ3v) is 10.2. The number of likely N-dealkylation sites (N-methyl/N-ethyl adjacent to an activating group) is 1. The number of benzene rings is 3. The third kappa shape index (κ3) is 10.3. The lowest BCUT2D eigenvalue weighted by Crippen LogP contribution is -2.60. The van der Waals surface area contributed by atoms with Crippen LogP contribution in [0.25, 0.3) is 10.8 Å². The fraction of sp³-hybridized carbons (Fsp3) is 0.381. The summed E-state index contributed by atoms with van der Waals surface area (Å²) in [4.78, 5) is 99.4. The maximum absolute atomic E-state index is 14.3. The molecule has 57 heavy (non-hydrogen) atoms. The van der Waals surface area contributed by atoms with E-state index in [0.717, 1.165) is 10.2 Å². The lowest BCUT2D eigenvalue weighted by Gasteiger charge is -2.33. The molecular formula is C42H50N8O7. The van der Waals surface area contributed by atoms with Gasteiger partial charge in [-0.2, -0.15) is 5.10 Å². The highest BCUT2D eigenvalue weighted by molar-refractivity contribution is 5.96. The molecule has 5 atom stereocenters. The number of fused-ring (bicyclic) bond motifs is 1. The molecule has 1 aliphatic rings. The average Bonchev–Trinajstić information content (AvgIpc) is 3.20. The molecule has 3 aromatic carbocycles. The molecule has 15 heteroatoms. The van der Waals surface area contributed by atoms with Crippen LogP contribution in [0.1, 0.15) is 50.6 Å². The van der Waals surface area contributed by atoms with Crippen LogP contribution in [0.5, 0.6) is 0 Å². The first-order valence-corrected chi connectivity index (χ1v) is 18.9. The highest BCUT2D eigenvalue weighted by atomic mass is 16.2. The third-order valence-electron chi connectivity index (χ3n) is 10.2. The van der Waals surface area contributed by atoms with E-state index in [1.807, 2.05) is 6.07 Å². The molecule has 0 aliphatic carbocycles. The molecule has 5 rings (SSSR count). The minimum absolute atomic E-state index is 0.0608. The van der Waals surface area contributed by atoms with E-state index in [4.69, 9.17) is 0 Å². The van der Waals surface area contributed by atoms with Crippen LogP contribution in [-0.2, 0) is 41.7 Å². The van der Waals surface area contributed by atoms with E-state index in [9.17, 15) is 33.6 Å². The highest BCUT2D eigenvalue weighted by Gasteiger charge is 2.35. The van der Waals surface area contributed by atoms with E-state index in [-0.39, 0.29) is 13.0 Å². The summed E-state index contributed by atoms with van der Waals surface area (Å²) in [6.45, 7) is 6.88. The minimum atomic E-state index is -1.17. The zero-order chi connectivity index (χ0) is 41.4. The van der Waals surface area contributed by atoms with Crippen molar-refractivity contribution in [2.24, 2.45) is 5.92 Å². The molecule has 4 N–H and O–H groups in total. The molecule has 0 saturated carbocycles. The Kier molecular flexibility index (Phi) is 13.6. The first kappa shape index (κ1) is 41.8. The largest absolute Gasteiger partial charge is 0.346 e. The number of hydrogen-bond acceptors (Lipinski definition) is 8. The Morgan fingerprint density at radius 1 is 0.772 bits per heavy atom. The molecule has 1 fully saturated rings. The van der Waals surface area contributed by atoms with Crippen molar-refractivity contribution in [1.82, 2.24) is 40.8 Å². The topological polar surface area (TPSA) is 192 Å². The zero-order valence-corrected chi connectivity index (χ0v) is 33.0. The van der Waals surface area contributed by atoms with E-state index in [1.165, 1.54) is 30.7 Å². The molecule has 1 aliphatic heterocycles. The van der Waals surface area contributed by atoms with Gasteiger partial charge in [-0.25, -0.2) is 4.68 Å². The van der Waals surface area contributed by atoms with E-state index in [1.54, 1.807) is 99.6 Å². The Hall–Kier alpha value is -6.38. The molecular weight excluding hydrogens is 729 g/mol. The second-order valence-electron chi connectivity index (χ2n) is 14.7. The summed E-state index contributed by atoms with van der Waals surface area (Å²) in [5.74, 6) is -4.13. The smallest absolute Gasteiger partial charge is 0.275 e. The fourth-order valence-corrected chi connectivity index (χ4v) is 6.68. The first-order valence-electron chi connectivity index (χ1n) is 18.9. The summed E-state index contributed by atoms with van der Waals surface area (Å²) in [7, 11) is 1.43. The molecule has 1 saturated heterocycles. The summed E-state index contributed by atoms with van der Waals surface area (Å²) in [5, 5.41) is 16.5. The monoisotopic (exact) mass is 778 g/mol. The van der Waals surface area contributed by atoms with Crippen molar-refractivity contribution in [3.05, 3.63) is 112 Å². The van der Waals surface area contributed by atoms with E-state index in [0.29, 0.717) is 22.0 Å². The van der Waals surface area contributed by atoms with Crippen LogP contribution in [0.3, 0.4) is 0 Å². The van der Waals surface area contributed by atoms with Gasteiger partial charge < -0.3 is 31.1 Å². The summed E-state index contributed by atoms with van der Waals surface area (Å²) >= 11 is 0. The van der Waals surface area contributed by atoms with Gasteiger partial charge in [-0.05, 0) is 43.9 Å². The average molecular weight is 779 g/mol. The maximum Gasteiger partial charge on any atom is 0.275 e. The molecule has 1 aromatic heterocycles. The zero-order valence-electron chi connectivity index (χ0n) is 33.0. The SMILES string of the molecule is Cc1nn(CC(=O)N2CC(=O)N[C@@H](Cc3ccccc3)C(=O)N(C)[C@@H](C)C(=O)N[C@H](C(C)C)C(=O)N[C@@H](C)C(=O)N[C@H](c3ccccc3)C2)c(=O)c2ccccc12. The van der Waals surface area contributed by atoms with Crippen molar-refractivity contribution in [2.75, 3.05) is 20.1 Å². The molecule has 0 radical (unpaired) electrons. The predicted octanol–water partition coefficient (Wildman–Crippen LogP) is 1.62. The van der Waals surface area contributed by atoms with Gasteiger partial charge in [0.1, 0.15) is 30.7 Å². The highest BCUT2D eigenvalue weighted by Crippen LogP contribution is 2.17. The van der Waals surface area contributed by atoms with Crippen LogP contribution >= 0.6 is 0 Å². The maximum atomic E-state index is 14.3. The van der Waals surface area contributed by atoms with Crippen molar-refractivity contribution >= 4 is 46.2 Å². The van der Waals surface area contributed by atoms with Crippen LogP contribution in [0.2, 0.25) is 0 Å². The molecule has 2 heterocycles. The van der Waals surface area contributed by atoms with Crippen molar-refractivity contribution in [1.29, 1.82) is 0 Å². The molecule has 0 unspecified atom stereocenters. The molecule has 0 bridgehead atoms. The number of nitrogens with zero attached hydrogens (tertiary/aromatic N) is 4. The molecule has 300 valence electrons. The van der Waals surface area contributed by atoms with Crippen LogP contribution in [-0.4, -0.2) is 99.3 Å². The van der Waals surface area contributed by atoms with Gasteiger partial charge in [-0.3, -0.25) is 33.6 Å². The van der Waals surface area contributed by atoms with Crippen LogP contribution in [0.4, 0.5) is 0 Å². The van der Waals surface area contributed by atoms with Gasteiger partial charge >= 0.3 is 0 Å². The van der Waals surface area contributed by atoms with E-state index >= 15 is 0 Å².